The molecule has 0 atom stereocenters. The van der Waals surface area contributed by atoms with E-state index in [2.05, 4.69) is 154 Å². The van der Waals surface area contributed by atoms with E-state index >= 15 is 0 Å². The number of nitrogens with zero attached hydrogens (tertiary/aromatic N) is 5. The summed E-state index contributed by atoms with van der Waals surface area (Å²) in [5.74, 6) is 9.52. The summed E-state index contributed by atoms with van der Waals surface area (Å²) in [4.78, 5) is 19.6. The Morgan fingerprint density at radius 2 is 1.45 bits per heavy atom. The standard InChI is InChI=1S/C41H35N4O.C20H26GeN.Ir/c1-23(2)33-21-30(29-16-15-27-10-7-8-11-28(27)20-29)22-34(24(3)4)39(33)45-38-26(6)42-19-18-35(38)44-40(45)31-12-9-13-36-37(31)32-17-14-25(5)43-41(32)46-36;1-21(2,3)19-15-22-20(17-12-8-5-9-13-17)14-18(19)16-10-6-4-7-11-16;/h7-11,13-24H,1-6H3;5,8-9,12,14-16H,4,6-7,10-11H2,1-3H3;/q2*-1;. The van der Waals surface area contributed by atoms with Crippen LogP contribution in [0.15, 0.2) is 132 Å². The Balaban J connectivity index is 0.000000217. The summed E-state index contributed by atoms with van der Waals surface area (Å²) in [7, 11) is 0. The topological polar surface area (TPSA) is 69.6 Å². The van der Waals surface area contributed by atoms with Crippen LogP contribution in [-0.4, -0.2) is 37.8 Å². The van der Waals surface area contributed by atoms with E-state index in [1.807, 2.05) is 49.5 Å². The van der Waals surface area contributed by atoms with Gasteiger partial charge in [0.2, 0.25) is 5.71 Å². The molecule has 1 aliphatic rings. The van der Waals surface area contributed by atoms with E-state index in [9.17, 15) is 0 Å². The second kappa shape index (κ2) is 19.9. The Labute approximate surface area is 423 Å². The van der Waals surface area contributed by atoms with E-state index in [0.29, 0.717) is 5.71 Å². The molecule has 0 amide bonds. The maximum absolute atomic E-state index is 6.28. The fraction of sp³-hybridized carbons (Fsp3) is 0.279. The van der Waals surface area contributed by atoms with Crippen molar-refractivity contribution in [2.75, 3.05) is 0 Å². The average molecular weight is 1150 g/mol. The van der Waals surface area contributed by atoms with Gasteiger partial charge in [0.1, 0.15) is 0 Å². The van der Waals surface area contributed by atoms with Crippen molar-refractivity contribution in [2.45, 2.75) is 109 Å². The first-order valence-corrected chi connectivity index (χ1v) is 31.9. The van der Waals surface area contributed by atoms with Gasteiger partial charge in [-0.1, -0.05) is 87.2 Å². The molecular weight excluding hydrogens is 1080 g/mol. The zero-order valence-electron chi connectivity index (χ0n) is 41.4. The van der Waals surface area contributed by atoms with Gasteiger partial charge in [-0.2, -0.15) is 0 Å². The maximum Gasteiger partial charge on any atom is 0 e. The minimum absolute atomic E-state index is 0. The van der Waals surface area contributed by atoms with E-state index in [4.69, 9.17) is 24.4 Å². The average Bonchev–Trinajstić information content (AvgIpc) is 3.93. The third-order valence-corrected chi connectivity index (χ3v) is 18.2. The molecule has 69 heavy (non-hydrogen) atoms. The summed E-state index contributed by atoms with van der Waals surface area (Å²) >= 11 is -1.89. The summed E-state index contributed by atoms with van der Waals surface area (Å²) in [6.07, 6.45) is 10.9. The molecule has 0 bridgehead atoms. The largest absolute Gasteiger partial charge is 0 e. The molecule has 5 aromatic carbocycles. The number of aryl methyl sites for hydroxylation is 2. The van der Waals surface area contributed by atoms with Gasteiger partial charge in [0.05, 0.1) is 28.1 Å². The SMILES string of the molecule is Cc1ccc2c(n1)oc1cc[c-]c(-c3nc4ccnc(C)c4n3-c3c(C(C)C)cc(-c4ccc5ccccc5c4)cc3C(C)C)c12.[CH3][Ge]([CH3])([CH3])[c]1cnc(-c2[c-]cccc2)cc1C1CCCCC1.[Ir]. The van der Waals surface area contributed by atoms with Crippen LogP contribution < -0.4 is 4.40 Å². The molecule has 1 saturated carbocycles. The van der Waals surface area contributed by atoms with E-state index < -0.39 is 13.3 Å². The Bertz CT molecular complexity index is 3440. The molecule has 1 radical (unpaired) electrons. The van der Waals surface area contributed by atoms with Gasteiger partial charge in [-0.25, -0.2) is 4.98 Å². The third kappa shape index (κ3) is 9.51. The zero-order chi connectivity index (χ0) is 47.3. The number of benzene rings is 5. The van der Waals surface area contributed by atoms with Crippen LogP contribution in [0.4, 0.5) is 0 Å². The van der Waals surface area contributed by atoms with Crippen molar-refractivity contribution in [1.29, 1.82) is 0 Å². The van der Waals surface area contributed by atoms with Crippen LogP contribution in [0.25, 0.3) is 83.3 Å². The van der Waals surface area contributed by atoms with Crippen LogP contribution in [-0.2, 0) is 20.1 Å². The van der Waals surface area contributed by atoms with Crippen molar-refractivity contribution < 1.29 is 24.5 Å². The number of aromatic nitrogens is 5. The Morgan fingerprint density at radius 3 is 2.16 bits per heavy atom. The van der Waals surface area contributed by atoms with Crippen LogP contribution in [0.3, 0.4) is 0 Å². The molecule has 1 fully saturated rings. The summed E-state index contributed by atoms with van der Waals surface area (Å²) in [5.41, 5.74) is 16.0. The van der Waals surface area contributed by atoms with E-state index in [1.165, 1.54) is 65.1 Å². The number of hydrogen-bond donors (Lipinski definition) is 0. The molecule has 6 nitrogen and oxygen atoms in total. The van der Waals surface area contributed by atoms with Crippen molar-refractivity contribution in [3.8, 4) is 39.5 Å². The normalized spacial score (nSPS) is 13.4. The molecule has 0 aliphatic heterocycles. The number of pyridine rings is 3. The number of furan rings is 1. The Morgan fingerprint density at radius 1 is 0.710 bits per heavy atom. The maximum atomic E-state index is 6.28. The van der Waals surface area contributed by atoms with Gasteiger partial charge >= 0.3 is 137 Å². The molecular formula is C61H61GeIrN5O-2. The second-order valence-corrected chi connectivity index (χ2v) is 31.0. The number of fused-ring (bicyclic) bond motifs is 5. The molecule has 10 aromatic rings. The van der Waals surface area contributed by atoms with Gasteiger partial charge in [0.25, 0.3) is 0 Å². The molecule has 351 valence electrons. The van der Waals surface area contributed by atoms with Gasteiger partial charge in [0, 0.05) is 43.1 Å². The molecule has 11 rings (SSSR count). The predicted octanol–water partition coefficient (Wildman–Crippen LogP) is 16.0. The molecule has 1 aliphatic carbocycles. The van der Waals surface area contributed by atoms with Crippen LogP contribution in [0.2, 0.25) is 17.3 Å². The summed E-state index contributed by atoms with van der Waals surface area (Å²) in [5, 5.41) is 4.42. The van der Waals surface area contributed by atoms with Gasteiger partial charge in [-0.15, -0.1) is 12.1 Å². The van der Waals surface area contributed by atoms with E-state index in [-0.39, 0.29) is 31.9 Å². The summed E-state index contributed by atoms with van der Waals surface area (Å²) < 4.78 is 10.2. The van der Waals surface area contributed by atoms with Crippen LogP contribution >= 0.6 is 0 Å². The van der Waals surface area contributed by atoms with Crippen molar-refractivity contribution in [3.05, 3.63) is 168 Å². The monoisotopic (exact) mass is 1150 g/mol. The Hall–Kier alpha value is -5.73. The second-order valence-electron chi connectivity index (χ2n) is 20.4. The smallest absolute Gasteiger partial charge is 0 e. The van der Waals surface area contributed by atoms with Crippen molar-refractivity contribution in [2.24, 2.45) is 0 Å². The molecule has 0 saturated heterocycles. The van der Waals surface area contributed by atoms with Crippen LogP contribution in [0, 0.1) is 26.0 Å². The van der Waals surface area contributed by atoms with Crippen molar-refractivity contribution in [3.63, 3.8) is 0 Å². The predicted molar refractivity (Wildman–Crippen MR) is 286 cm³/mol. The molecule has 8 heteroatoms. The fourth-order valence-electron chi connectivity index (χ4n) is 10.4. The van der Waals surface area contributed by atoms with Gasteiger partial charge in [-0.3, -0.25) is 9.97 Å². The van der Waals surface area contributed by atoms with E-state index in [1.54, 1.807) is 9.96 Å². The number of rotatable bonds is 8. The van der Waals surface area contributed by atoms with Crippen LogP contribution in [0.5, 0.6) is 0 Å². The first-order valence-electron chi connectivity index (χ1n) is 24.5. The minimum atomic E-state index is -1.89. The van der Waals surface area contributed by atoms with Gasteiger partial charge in [-0.05, 0) is 89.0 Å². The van der Waals surface area contributed by atoms with Crippen molar-refractivity contribution >= 4 is 61.5 Å². The van der Waals surface area contributed by atoms with Gasteiger partial charge < -0.3 is 8.98 Å². The number of hydrogen-bond acceptors (Lipinski definition) is 5. The third-order valence-electron chi connectivity index (χ3n) is 13.9. The van der Waals surface area contributed by atoms with Gasteiger partial charge in [0.15, 0.2) is 0 Å². The molecule has 5 heterocycles. The number of imidazole rings is 1. The van der Waals surface area contributed by atoms with E-state index in [0.717, 1.165) is 73.0 Å². The van der Waals surface area contributed by atoms with Crippen molar-refractivity contribution in [1.82, 2.24) is 24.5 Å². The molecule has 0 unspecified atom stereocenters. The molecule has 0 N–H and O–H groups in total. The Kier molecular flexibility index (Phi) is 14.0. The quantitative estimate of drug-likeness (QED) is 0.112. The van der Waals surface area contributed by atoms with Crippen LogP contribution in [0.1, 0.15) is 106 Å². The minimum Gasteiger partial charge on any atom is 0 e. The first kappa shape index (κ1) is 48.3. The summed E-state index contributed by atoms with van der Waals surface area (Å²) in [6.45, 7) is 13.2. The first-order chi connectivity index (χ1) is 32.8. The zero-order valence-corrected chi connectivity index (χ0v) is 45.9. The fourth-order valence-corrected chi connectivity index (χ4v) is 13.7. The summed E-state index contributed by atoms with van der Waals surface area (Å²) in [6, 6.07) is 47.6. The molecule has 5 aromatic heterocycles. The molecule has 0 spiro atoms.